The summed E-state index contributed by atoms with van der Waals surface area (Å²) in [6.07, 6.45) is 11.9. The smallest absolute Gasteiger partial charge is 0.0685 e. The van der Waals surface area contributed by atoms with Crippen LogP contribution in [-0.4, -0.2) is 18.2 Å². The van der Waals surface area contributed by atoms with Gasteiger partial charge in [0.15, 0.2) is 0 Å². The first-order chi connectivity index (χ1) is 8.33. The molecule has 3 rings (SSSR count). The number of nitrogens with two attached hydrogens (primary N) is 1. The van der Waals surface area contributed by atoms with E-state index in [0.717, 1.165) is 18.4 Å². The molecule has 2 saturated carbocycles. The quantitative estimate of drug-likeness (QED) is 0.586. The molecule has 0 aromatic rings. The van der Waals surface area contributed by atoms with Crippen molar-refractivity contribution in [3.05, 3.63) is 0 Å². The van der Waals surface area contributed by atoms with Gasteiger partial charge in [-0.05, 0) is 56.8 Å². The average molecular weight is 238 g/mol. The molecule has 0 aromatic heterocycles. The van der Waals surface area contributed by atoms with Crippen molar-refractivity contribution >= 4 is 0 Å². The van der Waals surface area contributed by atoms with Crippen LogP contribution in [0.15, 0.2) is 0 Å². The van der Waals surface area contributed by atoms with Gasteiger partial charge in [0.2, 0.25) is 0 Å². The van der Waals surface area contributed by atoms with E-state index in [0.29, 0.717) is 6.04 Å². The summed E-state index contributed by atoms with van der Waals surface area (Å²) in [6.45, 7) is 0.954. The Balaban J connectivity index is 1.64. The van der Waals surface area contributed by atoms with E-state index in [1.807, 2.05) is 0 Å². The largest absolute Gasteiger partial charge is 0.375 e. The zero-order valence-corrected chi connectivity index (χ0v) is 10.8. The predicted octanol–water partition coefficient (Wildman–Crippen LogP) is 2.36. The number of ether oxygens (including phenoxy) is 1. The van der Waals surface area contributed by atoms with Crippen LogP contribution in [0.5, 0.6) is 0 Å². The highest BCUT2D eigenvalue weighted by molar-refractivity contribution is 4.97. The van der Waals surface area contributed by atoms with E-state index < -0.39 is 0 Å². The molecule has 17 heavy (non-hydrogen) atoms. The van der Waals surface area contributed by atoms with Crippen LogP contribution in [0.1, 0.15) is 57.8 Å². The normalized spacial score (nSPS) is 34.8. The molecule has 1 aliphatic heterocycles. The lowest BCUT2D eigenvalue weighted by Gasteiger charge is -2.49. The van der Waals surface area contributed by atoms with Crippen LogP contribution in [0.3, 0.4) is 0 Å². The summed E-state index contributed by atoms with van der Waals surface area (Å²) in [5.74, 6) is 7.41. The summed E-state index contributed by atoms with van der Waals surface area (Å²) < 4.78 is 6.02. The minimum atomic E-state index is 0.261. The number of hydrogen-bond acceptors (Lipinski definition) is 3. The second kappa shape index (κ2) is 4.87. The van der Waals surface area contributed by atoms with Crippen molar-refractivity contribution in [2.75, 3.05) is 6.61 Å². The molecule has 1 heterocycles. The van der Waals surface area contributed by atoms with E-state index in [9.17, 15) is 0 Å². The Morgan fingerprint density at radius 2 is 1.82 bits per heavy atom. The van der Waals surface area contributed by atoms with Gasteiger partial charge in [-0.2, -0.15) is 0 Å². The molecular weight excluding hydrogens is 212 g/mol. The standard InChI is InChI=1S/C14H26N2O/c15-16-13(11-4-1-2-5-11)12-6-9-17-14(10-12)7-3-8-14/h11-13,16H,1-10,15H2. The lowest BCUT2D eigenvalue weighted by molar-refractivity contribution is -0.149. The van der Waals surface area contributed by atoms with E-state index >= 15 is 0 Å². The molecule has 2 atom stereocenters. The zero-order valence-electron chi connectivity index (χ0n) is 10.8. The highest BCUT2D eigenvalue weighted by Gasteiger charge is 2.45. The zero-order chi connectivity index (χ0) is 11.7. The van der Waals surface area contributed by atoms with Gasteiger partial charge >= 0.3 is 0 Å². The third kappa shape index (κ3) is 2.25. The summed E-state index contributed by atoms with van der Waals surface area (Å²) >= 11 is 0. The number of hydrogen-bond donors (Lipinski definition) is 2. The fourth-order valence-corrected chi connectivity index (χ4v) is 4.27. The molecule has 3 fully saturated rings. The maximum atomic E-state index is 6.02. The van der Waals surface area contributed by atoms with Crippen molar-refractivity contribution in [2.24, 2.45) is 17.7 Å². The molecule has 3 N–H and O–H groups in total. The molecule has 98 valence electrons. The topological polar surface area (TPSA) is 47.3 Å². The highest BCUT2D eigenvalue weighted by Crippen LogP contribution is 2.46. The predicted molar refractivity (Wildman–Crippen MR) is 68.3 cm³/mol. The third-order valence-electron chi connectivity index (χ3n) is 5.40. The van der Waals surface area contributed by atoms with Crippen LogP contribution in [0, 0.1) is 11.8 Å². The molecule has 2 aliphatic carbocycles. The summed E-state index contributed by atoms with van der Waals surface area (Å²) in [5, 5.41) is 0. The lowest BCUT2D eigenvalue weighted by atomic mass is 9.69. The first-order valence-corrected chi connectivity index (χ1v) is 7.43. The van der Waals surface area contributed by atoms with Crippen molar-refractivity contribution in [1.82, 2.24) is 5.43 Å². The molecule has 0 aromatic carbocycles. The molecule has 3 nitrogen and oxygen atoms in total. The number of rotatable bonds is 3. The Labute approximate surface area is 104 Å². The van der Waals surface area contributed by atoms with Gasteiger partial charge in [0, 0.05) is 12.6 Å². The number of hydrazine groups is 1. The fraction of sp³-hybridized carbons (Fsp3) is 1.00. The Morgan fingerprint density at radius 3 is 2.41 bits per heavy atom. The van der Waals surface area contributed by atoms with E-state index in [1.54, 1.807) is 0 Å². The van der Waals surface area contributed by atoms with Gasteiger partial charge in [-0.3, -0.25) is 11.3 Å². The maximum Gasteiger partial charge on any atom is 0.0685 e. The molecular formula is C14H26N2O. The van der Waals surface area contributed by atoms with Crippen LogP contribution in [0.2, 0.25) is 0 Å². The molecule has 2 unspecified atom stereocenters. The van der Waals surface area contributed by atoms with Gasteiger partial charge in [0.05, 0.1) is 5.60 Å². The van der Waals surface area contributed by atoms with E-state index in [2.05, 4.69) is 5.43 Å². The molecule has 0 bridgehead atoms. The van der Waals surface area contributed by atoms with Crippen molar-refractivity contribution in [1.29, 1.82) is 0 Å². The monoisotopic (exact) mass is 238 g/mol. The highest BCUT2D eigenvalue weighted by atomic mass is 16.5. The van der Waals surface area contributed by atoms with E-state index in [1.165, 1.54) is 57.8 Å². The Morgan fingerprint density at radius 1 is 1.06 bits per heavy atom. The Kier molecular flexibility index (Phi) is 3.42. The van der Waals surface area contributed by atoms with Crippen molar-refractivity contribution in [3.63, 3.8) is 0 Å². The second-order valence-electron chi connectivity index (χ2n) is 6.37. The van der Waals surface area contributed by atoms with Crippen LogP contribution >= 0.6 is 0 Å². The summed E-state index contributed by atoms with van der Waals surface area (Å²) in [6, 6.07) is 0.541. The van der Waals surface area contributed by atoms with Crippen LogP contribution < -0.4 is 11.3 Å². The second-order valence-corrected chi connectivity index (χ2v) is 6.37. The summed E-state index contributed by atoms with van der Waals surface area (Å²) in [4.78, 5) is 0. The van der Waals surface area contributed by atoms with Crippen LogP contribution in [-0.2, 0) is 4.74 Å². The first kappa shape index (κ1) is 11.9. The minimum absolute atomic E-state index is 0.261. The van der Waals surface area contributed by atoms with Crippen molar-refractivity contribution in [3.8, 4) is 0 Å². The van der Waals surface area contributed by atoms with E-state index in [4.69, 9.17) is 10.6 Å². The Bertz CT molecular complexity index is 259. The fourth-order valence-electron chi connectivity index (χ4n) is 4.27. The van der Waals surface area contributed by atoms with Crippen LogP contribution in [0.4, 0.5) is 0 Å². The van der Waals surface area contributed by atoms with Gasteiger partial charge < -0.3 is 4.74 Å². The van der Waals surface area contributed by atoms with Crippen LogP contribution in [0.25, 0.3) is 0 Å². The minimum Gasteiger partial charge on any atom is -0.375 e. The summed E-state index contributed by atoms with van der Waals surface area (Å²) in [7, 11) is 0. The molecule has 1 spiro atoms. The van der Waals surface area contributed by atoms with Gasteiger partial charge in [-0.15, -0.1) is 0 Å². The van der Waals surface area contributed by atoms with Crippen molar-refractivity contribution in [2.45, 2.75) is 69.4 Å². The van der Waals surface area contributed by atoms with Gasteiger partial charge in [0.1, 0.15) is 0 Å². The van der Waals surface area contributed by atoms with Gasteiger partial charge in [-0.1, -0.05) is 12.8 Å². The molecule has 3 heteroatoms. The lowest BCUT2D eigenvalue weighted by Crippen LogP contribution is -2.53. The molecule has 0 radical (unpaired) electrons. The molecule has 3 aliphatic rings. The third-order valence-corrected chi connectivity index (χ3v) is 5.40. The SMILES string of the molecule is NNC(C1CCCC1)C1CCOC2(CCC2)C1. The first-order valence-electron chi connectivity index (χ1n) is 7.43. The molecule has 1 saturated heterocycles. The molecule has 0 amide bonds. The Hall–Kier alpha value is -0.120. The number of nitrogens with one attached hydrogen (secondary N) is 1. The average Bonchev–Trinajstić information content (AvgIpc) is 2.82. The maximum absolute atomic E-state index is 6.02. The van der Waals surface area contributed by atoms with Gasteiger partial charge in [-0.25, -0.2) is 0 Å². The van der Waals surface area contributed by atoms with Crippen molar-refractivity contribution < 1.29 is 4.74 Å². The van der Waals surface area contributed by atoms with E-state index in [-0.39, 0.29) is 5.60 Å². The van der Waals surface area contributed by atoms with Gasteiger partial charge in [0.25, 0.3) is 0 Å². The summed E-state index contributed by atoms with van der Waals surface area (Å²) in [5.41, 5.74) is 3.40.